The van der Waals surface area contributed by atoms with Crippen LogP contribution in [-0.4, -0.2) is 22.9 Å². The van der Waals surface area contributed by atoms with Gasteiger partial charge in [-0.3, -0.25) is 0 Å². The summed E-state index contributed by atoms with van der Waals surface area (Å²) in [6.07, 6.45) is 0.708. The largest absolute Gasteiger partial charge is 1.00 e. The van der Waals surface area contributed by atoms with E-state index in [1.807, 2.05) is 6.92 Å². The van der Waals surface area contributed by atoms with E-state index in [9.17, 15) is 0 Å². The van der Waals surface area contributed by atoms with Crippen LogP contribution in [0.15, 0.2) is 0 Å². The van der Waals surface area contributed by atoms with Crippen molar-refractivity contribution in [3.63, 3.8) is 0 Å². The summed E-state index contributed by atoms with van der Waals surface area (Å²) in [4.78, 5) is 0. The Hall–Kier alpha value is 1.56. The quantitative estimate of drug-likeness (QED) is 0.431. The minimum absolute atomic E-state index is 0. The molecule has 2 N–H and O–H groups in total. The van der Waals surface area contributed by atoms with Gasteiger partial charge in [0.05, 0.1) is 0 Å². The number of hydrogen-bond acceptors (Lipinski definition) is 2. The Morgan fingerprint density at radius 1 is 1.44 bits per heavy atom. The Morgan fingerprint density at radius 3 is 1.56 bits per heavy atom. The summed E-state index contributed by atoms with van der Waals surface area (Å²) in [5.41, 5.74) is 0. The van der Waals surface area contributed by atoms with Crippen LogP contribution in [0, 0.1) is 0 Å². The molecule has 0 aromatic heterocycles. The van der Waals surface area contributed by atoms with Gasteiger partial charge in [0.15, 0.2) is 0 Å². The van der Waals surface area contributed by atoms with Crippen molar-refractivity contribution in [3.8, 4) is 0 Å². The zero-order valence-electron chi connectivity index (χ0n) is 7.89. The van der Waals surface area contributed by atoms with Gasteiger partial charge in [-0.05, 0) is 20.3 Å². The summed E-state index contributed by atoms with van der Waals surface area (Å²) in [6.45, 7) is 5.69. The average molecular weight is 160 g/mol. The molecule has 0 atom stereocenters. The third-order valence-corrected chi connectivity index (χ3v) is 0.224. The molecule has 0 rings (SSSR count). The molecule has 0 heterocycles. The van der Waals surface area contributed by atoms with Crippen LogP contribution < -0.4 is 51.4 Å². The summed E-state index contributed by atoms with van der Waals surface area (Å²) in [7, 11) is 0. The molecule has 0 spiro atoms. The van der Waals surface area contributed by atoms with Crippen LogP contribution in [0.25, 0.3) is 0 Å². The van der Waals surface area contributed by atoms with E-state index in [-0.39, 0.29) is 58.9 Å². The zero-order chi connectivity index (χ0) is 6.99. The molecule has 0 unspecified atom stereocenters. The Kier molecular flexibility index (Phi) is 30.5. The van der Waals surface area contributed by atoms with E-state index in [1.165, 1.54) is 0 Å². The van der Waals surface area contributed by atoms with Gasteiger partial charge in [-0.2, -0.15) is 0 Å². The first kappa shape index (κ1) is 16.9. The molecule has 54 valence electrons. The standard InChI is InChI=1S/2C3H8O.K.H/c1-3(2)4;1-2-3-4;;/h3-4H,1-2H3;4H,2-3H2,1H3;;/q;;+1;-1. The van der Waals surface area contributed by atoms with Gasteiger partial charge >= 0.3 is 51.4 Å². The minimum Gasteiger partial charge on any atom is -1.00 e. The van der Waals surface area contributed by atoms with E-state index in [0.29, 0.717) is 6.61 Å². The normalized spacial score (nSPS) is 7.33. The molecule has 2 nitrogen and oxygen atoms in total. The molecular weight excluding hydrogens is 143 g/mol. The molecule has 0 aromatic carbocycles. The molecule has 0 bridgehead atoms. The monoisotopic (exact) mass is 160 g/mol. The molecule has 0 aromatic rings. The predicted molar refractivity (Wildman–Crippen MR) is 35.8 cm³/mol. The maximum absolute atomic E-state index is 8.06. The van der Waals surface area contributed by atoms with Gasteiger partial charge in [-0.25, -0.2) is 0 Å². The molecule has 0 aliphatic rings. The second-order valence-corrected chi connectivity index (χ2v) is 1.82. The van der Waals surface area contributed by atoms with E-state index < -0.39 is 0 Å². The Morgan fingerprint density at radius 2 is 1.56 bits per heavy atom. The number of aliphatic hydroxyl groups excluding tert-OH is 2. The predicted octanol–water partition coefficient (Wildman–Crippen LogP) is -2.11. The third kappa shape index (κ3) is 83.5. The second-order valence-electron chi connectivity index (χ2n) is 1.82. The van der Waals surface area contributed by atoms with Crippen LogP contribution in [0.4, 0.5) is 0 Å². The van der Waals surface area contributed by atoms with Crippen LogP contribution in [0.2, 0.25) is 0 Å². The van der Waals surface area contributed by atoms with Crippen molar-refractivity contribution >= 4 is 0 Å². The van der Waals surface area contributed by atoms with E-state index in [2.05, 4.69) is 0 Å². The minimum atomic E-state index is -0.167. The molecule has 9 heavy (non-hydrogen) atoms. The van der Waals surface area contributed by atoms with Gasteiger partial charge in [0, 0.05) is 12.7 Å². The van der Waals surface area contributed by atoms with Crippen LogP contribution in [-0.2, 0) is 0 Å². The number of aliphatic hydroxyl groups is 2. The zero-order valence-corrected chi connectivity index (χ0v) is 10.0. The van der Waals surface area contributed by atoms with Gasteiger partial charge in [0.2, 0.25) is 0 Å². The van der Waals surface area contributed by atoms with Crippen molar-refractivity contribution in [2.24, 2.45) is 0 Å². The van der Waals surface area contributed by atoms with Crippen molar-refractivity contribution in [2.45, 2.75) is 33.3 Å². The average Bonchev–Trinajstić information content (AvgIpc) is 1.65. The molecule has 0 saturated heterocycles. The Bertz CT molecular complexity index is 32.2. The van der Waals surface area contributed by atoms with Gasteiger partial charge in [0.25, 0.3) is 0 Å². The molecule has 0 aliphatic carbocycles. The fraction of sp³-hybridized carbons (Fsp3) is 1.00. The van der Waals surface area contributed by atoms with Crippen LogP contribution in [0.1, 0.15) is 28.6 Å². The molecule has 0 saturated carbocycles. The van der Waals surface area contributed by atoms with Crippen LogP contribution in [0.3, 0.4) is 0 Å². The SMILES string of the molecule is CC(C)O.CCCO.[H-].[K+]. The third-order valence-electron chi connectivity index (χ3n) is 0.224. The van der Waals surface area contributed by atoms with Crippen LogP contribution in [0.5, 0.6) is 0 Å². The smallest absolute Gasteiger partial charge is 1.00 e. The first-order chi connectivity index (χ1) is 3.65. The second kappa shape index (κ2) is 16.3. The summed E-state index contributed by atoms with van der Waals surface area (Å²) < 4.78 is 0. The topological polar surface area (TPSA) is 40.5 Å². The van der Waals surface area contributed by atoms with Crippen molar-refractivity contribution in [2.75, 3.05) is 6.61 Å². The van der Waals surface area contributed by atoms with E-state index >= 15 is 0 Å². The van der Waals surface area contributed by atoms with Crippen LogP contribution >= 0.6 is 0 Å². The first-order valence-corrected chi connectivity index (χ1v) is 2.94. The van der Waals surface area contributed by atoms with Gasteiger partial charge in [0.1, 0.15) is 0 Å². The summed E-state index contributed by atoms with van der Waals surface area (Å²) in [6, 6.07) is 0. The van der Waals surface area contributed by atoms with Gasteiger partial charge < -0.3 is 11.6 Å². The van der Waals surface area contributed by atoms with E-state index in [1.54, 1.807) is 13.8 Å². The van der Waals surface area contributed by atoms with E-state index in [0.717, 1.165) is 6.42 Å². The fourth-order valence-corrected chi connectivity index (χ4v) is 0. The Labute approximate surface area is 102 Å². The van der Waals surface area contributed by atoms with Gasteiger partial charge in [-0.1, -0.05) is 6.92 Å². The fourth-order valence-electron chi connectivity index (χ4n) is 0. The Balaban J connectivity index is -0.0000000300. The van der Waals surface area contributed by atoms with Crippen molar-refractivity contribution in [3.05, 3.63) is 0 Å². The summed E-state index contributed by atoms with van der Waals surface area (Å²) in [5.74, 6) is 0. The summed E-state index contributed by atoms with van der Waals surface area (Å²) >= 11 is 0. The van der Waals surface area contributed by atoms with E-state index in [4.69, 9.17) is 10.2 Å². The maximum Gasteiger partial charge on any atom is 1.00 e. The molecular formula is C6H17KO2. The summed E-state index contributed by atoms with van der Waals surface area (Å²) in [5, 5.41) is 15.9. The van der Waals surface area contributed by atoms with Gasteiger partial charge in [-0.15, -0.1) is 0 Å². The molecule has 0 amide bonds. The van der Waals surface area contributed by atoms with Crippen molar-refractivity contribution < 1.29 is 63.0 Å². The molecule has 0 fully saturated rings. The number of hydrogen-bond donors (Lipinski definition) is 2. The molecule has 0 radical (unpaired) electrons. The molecule has 0 aliphatic heterocycles. The number of rotatable bonds is 1. The molecule has 3 heteroatoms. The van der Waals surface area contributed by atoms with Crippen molar-refractivity contribution in [1.82, 2.24) is 0 Å². The first-order valence-electron chi connectivity index (χ1n) is 2.94. The van der Waals surface area contributed by atoms with Crippen molar-refractivity contribution in [1.29, 1.82) is 0 Å². The maximum atomic E-state index is 8.06.